The lowest BCUT2D eigenvalue weighted by molar-refractivity contribution is 0.0996. The normalized spacial score (nSPS) is 19.1. The number of azo groups is 1. The minimum absolute atomic E-state index is 0.0528. The monoisotopic (exact) mass is 395 g/mol. The number of benzene rings is 1. The Kier molecular flexibility index (Phi) is 6.80. The first kappa shape index (κ1) is 20.3. The van der Waals surface area contributed by atoms with Gasteiger partial charge in [0.2, 0.25) is 0 Å². The van der Waals surface area contributed by atoms with Gasteiger partial charge >= 0.3 is 0 Å². The van der Waals surface area contributed by atoms with E-state index in [4.69, 9.17) is 16.9 Å². The van der Waals surface area contributed by atoms with Gasteiger partial charge in [0, 0.05) is 24.0 Å². The second kappa shape index (κ2) is 9.69. The second-order valence-corrected chi connectivity index (χ2v) is 6.88. The fourth-order valence-electron chi connectivity index (χ4n) is 3.14. The van der Waals surface area contributed by atoms with E-state index < -0.39 is 5.91 Å². The molecule has 10 heteroatoms. The zero-order valence-electron chi connectivity index (χ0n) is 16.0. The van der Waals surface area contributed by atoms with Crippen molar-refractivity contribution in [2.75, 3.05) is 17.2 Å². The number of aromatic nitrogens is 2. The molecule has 0 radical (unpaired) electrons. The summed E-state index contributed by atoms with van der Waals surface area (Å²) >= 11 is 0. The molecule has 0 unspecified atom stereocenters. The van der Waals surface area contributed by atoms with Crippen molar-refractivity contribution in [3.05, 3.63) is 36.2 Å². The highest BCUT2D eigenvalue weighted by atomic mass is 16.1. The van der Waals surface area contributed by atoms with E-state index in [2.05, 4.69) is 30.8 Å². The van der Waals surface area contributed by atoms with Crippen molar-refractivity contribution in [2.24, 2.45) is 21.7 Å². The third-order valence-corrected chi connectivity index (χ3v) is 4.60. The van der Waals surface area contributed by atoms with Crippen LogP contribution in [0, 0.1) is 5.41 Å². The van der Waals surface area contributed by atoms with Crippen molar-refractivity contribution in [2.45, 2.75) is 37.8 Å². The molecule has 10 nitrogen and oxygen atoms in total. The number of nitrogens with zero attached hydrogens (tertiary/aromatic N) is 4. The molecule has 1 aromatic heterocycles. The largest absolute Gasteiger partial charge is 0.366 e. The molecule has 152 valence electrons. The Hall–Kier alpha value is -3.40. The molecule has 7 N–H and O–H groups in total. The molecule has 0 atom stereocenters. The number of nitrogens with one attached hydrogen (secondary N) is 3. The van der Waals surface area contributed by atoms with E-state index >= 15 is 0 Å². The SMILES string of the molecule is N=CCN=Nc1cccc(Nc2nc(NC3CCC(N)CC3)cnc2C(N)=O)c1. The number of carbonyl (C=O) groups excluding carboxylic acids is 1. The molecule has 1 aliphatic carbocycles. The van der Waals surface area contributed by atoms with Crippen molar-refractivity contribution in [1.82, 2.24) is 9.97 Å². The number of nitrogens with two attached hydrogens (primary N) is 2. The van der Waals surface area contributed by atoms with E-state index in [1.54, 1.807) is 18.2 Å². The van der Waals surface area contributed by atoms with Crippen LogP contribution in [0.4, 0.5) is 23.0 Å². The zero-order valence-corrected chi connectivity index (χ0v) is 16.0. The first-order valence-electron chi connectivity index (χ1n) is 9.47. The average Bonchev–Trinajstić information content (AvgIpc) is 2.70. The quantitative estimate of drug-likeness (QED) is 0.340. The van der Waals surface area contributed by atoms with Gasteiger partial charge in [0.1, 0.15) is 5.82 Å². The van der Waals surface area contributed by atoms with Crippen molar-refractivity contribution in [1.29, 1.82) is 5.41 Å². The second-order valence-electron chi connectivity index (χ2n) is 6.88. The Bertz CT molecular complexity index is 891. The Labute approximate surface area is 168 Å². The summed E-state index contributed by atoms with van der Waals surface area (Å²) in [4.78, 5) is 20.5. The fraction of sp³-hybridized carbons (Fsp3) is 0.368. The summed E-state index contributed by atoms with van der Waals surface area (Å²) in [5, 5.41) is 21.3. The van der Waals surface area contributed by atoms with E-state index in [1.807, 2.05) is 6.07 Å². The number of anilines is 3. The van der Waals surface area contributed by atoms with Gasteiger partial charge in [-0.2, -0.15) is 10.2 Å². The van der Waals surface area contributed by atoms with E-state index in [-0.39, 0.29) is 30.1 Å². The van der Waals surface area contributed by atoms with Gasteiger partial charge in [0.05, 0.1) is 18.4 Å². The molecule has 1 fully saturated rings. The van der Waals surface area contributed by atoms with Gasteiger partial charge in [0.25, 0.3) is 5.91 Å². The molecule has 1 aromatic carbocycles. The molecule has 2 aromatic rings. The average molecular weight is 395 g/mol. The van der Waals surface area contributed by atoms with Crippen LogP contribution < -0.4 is 22.1 Å². The molecule has 29 heavy (non-hydrogen) atoms. The van der Waals surface area contributed by atoms with Crippen LogP contribution in [0.25, 0.3) is 0 Å². The molecule has 3 rings (SSSR count). The number of hydrogen-bond donors (Lipinski definition) is 5. The zero-order chi connectivity index (χ0) is 20.6. The maximum Gasteiger partial charge on any atom is 0.271 e. The van der Waals surface area contributed by atoms with Gasteiger partial charge in [-0.3, -0.25) is 4.79 Å². The van der Waals surface area contributed by atoms with Crippen LogP contribution in [0.5, 0.6) is 0 Å². The minimum Gasteiger partial charge on any atom is -0.366 e. The van der Waals surface area contributed by atoms with Crippen molar-refractivity contribution in [3.8, 4) is 0 Å². The van der Waals surface area contributed by atoms with Crippen LogP contribution in [0.2, 0.25) is 0 Å². The molecule has 0 spiro atoms. The van der Waals surface area contributed by atoms with Crippen molar-refractivity contribution >= 4 is 35.1 Å². The third-order valence-electron chi connectivity index (χ3n) is 4.60. The van der Waals surface area contributed by atoms with Gasteiger partial charge in [-0.25, -0.2) is 9.97 Å². The summed E-state index contributed by atoms with van der Waals surface area (Å²) in [7, 11) is 0. The van der Waals surface area contributed by atoms with E-state index in [0.29, 0.717) is 17.2 Å². The highest BCUT2D eigenvalue weighted by Crippen LogP contribution is 2.25. The Morgan fingerprint density at radius 1 is 1.31 bits per heavy atom. The van der Waals surface area contributed by atoms with E-state index in [9.17, 15) is 4.79 Å². The third kappa shape index (κ3) is 5.79. The van der Waals surface area contributed by atoms with E-state index in [1.165, 1.54) is 12.4 Å². The molecule has 1 aliphatic rings. The van der Waals surface area contributed by atoms with Crippen molar-refractivity contribution in [3.63, 3.8) is 0 Å². The van der Waals surface area contributed by atoms with Gasteiger partial charge in [-0.15, -0.1) is 0 Å². The number of hydrogen-bond acceptors (Lipinski definition) is 9. The summed E-state index contributed by atoms with van der Waals surface area (Å²) in [5.74, 6) is 0.167. The van der Waals surface area contributed by atoms with Crippen LogP contribution in [0.1, 0.15) is 36.2 Å². The van der Waals surface area contributed by atoms with Crippen LogP contribution in [0.3, 0.4) is 0 Å². The molecule has 1 amide bonds. The molecular weight excluding hydrogens is 370 g/mol. The first-order chi connectivity index (χ1) is 14.0. The summed E-state index contributed by atoms with van der Waals surface area (Å²) in [5.41, 5.74) is 12.7. The summed E-state index contributed by atoms with van der Waals surface area (Å²) in [6, 6.07) is 7.68. The standard InChI is InChI=1S/C19H25N9O/c20-8-9-24-28-15-3-1-2-14(10-15)26-19-17(18(22)29)23-11-16(27-19)25-13-6-4-12(21)5-7-13/h1-3,8,10-13,20H,4-7,9,21H2,(H2,22,29)(H2,25,26,27). The Morgan fingerprint density at radius 3 is 2.83 bits per heavy atom. The molecular formula is C19H25N9O. The lowest BCUT2D eigenvalue weighted by atomic mass is 9.92. The number of rotatable bonds is 8. The number of carbonyl (C=O) groups is 1. The van der Waals surface area contributed by atoms with Crippen LogP contribution in [-0.2, 0) is 0 Å². The van der Waals surface area contributed by atoms with Gasteiger partial charge < -0.3 is 27.5 Å². The summed E-state index contributed by atoms with van der Waals surface area (Å²) < 4.78 is 0. The number of amides is 1. The molecule has 0 aliphatic heterocycles. The van der Waals surface area contributed by atoms with Gasteiger partial charge in [-0.05, 0) is 43.9 Å². The first-order valence-corrected chi connectivity index (χ1v) is 9.47. The fourth-order valence-corrected chi connectivity index (χ4v) is 3.14. The molecule has 0 bridgehead atoms. The van der Waals surface area contributed by atoms with Crippen LogP contribution in [0.15, 0.2) is 40.7 Å². The maximum atomic E-state index is 11.8. The number of primary amides is 1. The highest BCUT2D eigenvalue weighted by Gasteiger charge is 2.20. The predicted molar refractivity (Wildman–Crippen MR) is 112 cm³/mol. The lowest BCUT2D eigenvalue weighted by Gasteiger charge is -2.27. The van der Waals surface area contributed by atoms with Crippen molar-refractivity contribution < 1.29 is 4.79 Å². The summed E-state index contributed by atoms with van der Waals surface area (Å²) in [6.07, 6.45) is 6.54. The molecule has 1 saturated carbocycles. The lowest BCUT2D eigenvalue weighted by Crippen LogP contribution is -2.33. The Morgan fingerprint density at radius 2 is 2.10 bits per heavy atom. The highest BCUT2D eigenvalue weighted by molar-refractivity contribution is 5.96. The van der Waals surface area contributed by atoms with Crippen LogP contribution >= 0.6 is 0 Å². The smallest absolute Gasteiger partial charge is 0.271 e. The van der Waals surface area contributed by atoms with Gasteiger partial charge in [-0.1, -0.05) is 6.07 Å². The predicted octanol–water partition coefficient (Wildman–Crippen LogP) is 2.73. The minimum atomic E-state index is -0.669. The van der Waals surface area contributed by atoms with Gasteiger partial charge in [0.15, 0.2) is 11.5 Å². The van der Waals surface area contributed by atoms with Crippen LogP contribution in [-0.4, -0.2) is 40.7 Å². The molecule has 0 saturated heterocycles. The Balaban J connectivity index is 1.78. The van der Waals surface area contributed by atoms with E-state index in [0.717, 1.165) is 25.7 Å². The maximum absolute atomic E-state index is 11.8. The molecule has 1 heterocycles. The summed E-state index contributed by atoms with van der Waals surface area (Å²) in [6.45, 7) is 0.217. The topological polar surface area (TPSA) is 168 Å².